The summed E-state index contributed by atoms with van der Waals surface area (Å²) >= 11 is 2.11. The Bertz CT molecular complexity index is 193. The van der Waals surface area contributed by atoms with Crippen molar-refractivity contribution in [2.45, 2.75) is 25.9 Å². The zero-order valence-corrected chi connectivity index (χ0v) is 9.24. The number of halogens is 1. The molecule has 0 unspecified atom stereocenters. The highest BCUT2D eigenvalue weighted by molar-refractivity contribution is 14.1. The fraction of sp³-hybridized carbons (Fsp3) is 0.444. The van der Waals surface area contributed by atoms with Crippen LogP contribution in [-0.2, 0) is 4.79 Å². The van der Waals surface area contributed by atoms with Gasteiger partial charge < -0.3 is 5.11 Å². The van der Waals surface area contributed by atoms with E-state index in [0.717, 1.165) is 5.57 Å². The third-order valence-electron chi connectivity index (χ3n) is 1.41. The van der Waals surface area contributed by atoms with Gasteiger partial charge in [-0.25, -0.2) is 0 Å². The topological polar surface area (TPSA) is 37.3 Å². The van der Waals surface area contributed by atoms with Gasteiger partial charge in [0.15, 0.2) is 5.78 Å². The number of carbonyl (C=O) groups is 1. The first kappa shape index (κ1) is 11.8. The van der Waals surface area contributed by atoms with Gasteiger partial charge in [-0.15, -0.1) is 0 Å². The van der Waals surface area contributed by atoms with Crippen LogP contribution in [0.2, 0.25) is 0 Å². The molecule has 0 aromatic rings. The molecule has 0 saturated heterocycles. The molecule has 12 heavy (non-hydrogen) atoms. The molecule has 0 bridgehead atoms. The highest BCUT2D eigenvalue weighted by Gasteiger charge is 2.08. The van der Waals surface area contributed by atoms with Gasteiger partial charge in [-0.05, 0) is 23.5 Å². The van der Waals surface area contributed by atoms with Crippen LogP contribution in [0.5, 0.6) is 0 Å². The summed E-state index contributed by atoms with van der Waals surface area (Å²) in [7, 11) is 0. The van der Waals surface area contributed by atoms with Crippen LogP contribution in [0.1, 0.15) is 19.8 Å². The van der Waals surface area contributed by atoms with E-state index in [4.69, 9.17) is 0 Å². The van der Waals surface area contributed by atoms with E-state index < -0.39 is 6.10 Å². The van der Waals surface area contributed by atoms with E-state index in [0.29, 0.717) is 6.42 Å². The Morgan fingerprint density at radius 2 is 2.25 bits per heavy atom. The van der Waals surface area contributed by atoms with Gasteiger partial charge in [0.1, 0.15) is 0 Å². The van der Waals surface area contributed by atoms with E-state index in [2.05, 4.69) is 29.2 Å². The van der Waals surface area contributed by atoms with E-state index in [9.17, 15) is 9.90 Å². The van der Waals surface area contributed by atoms with Crippen molar-refractivity contribution in [2.75, 3.05) is 0 Å². The summed E-state index contributed by atoms with van der Waals surface area (Å²) in [5.74, 6) is -0.108. The van der Waals surface area contributed by atoms with Gasteiger partial charge in [-0.3, -0.25) is 4.79 Å². The lowest BCUT2D eigenvalue weighted by Gasteiger charge is -2.07. The molecule has 0 spiro atoms. The maximum Gasteiger partial charge on any atom is 0.157 e. The van der Waals surface area contributed by atoms with E-state index in [1.165, 1.54) is 6.08 Å². The highest BCUT2D eigenvalue weighted by atomic mass is 127. The highest BCUT2D eigenvalue weighted by Crippen LogP contribution is 2.09. The SMILES string of the molecule is C=CC(=O)C[C@@H](O)C/C(C)=C/I. The molecule has 68 valence electrons. The van der Waals surface area contributed by atoms with Gasteiger partial charge in [-0.2, -0.15) is 0 Å². The molecule has 0 heterocycles. The third kappa shape index (κ3) is 5.49. The van der Waals surface area contributed by atoms with Crippen molar-refractivity contribution in [3.63, 3.8) is 0 Å². The molecule has 0 saturated carbocycles. The molecule has 0 rings (SSSR count). The molecule has 2 nitrogen and oxygen atoms in total. The number of aliphatic hydroxyl groups is 1. The van der Waals surface area contributed by atoms with Gasteiger partial charge in [0.2, 0.25) is 0 Å². The average molecular weight is 280 g/mol. The summed E-state index contributed by atoms with van der Waals surface area (Å²) < 4.78 is 1.90. The molecular formula is C9H13IO2. The predicted molar refractivity (Wildman–Crippen MR) is 58.2 cm³/mol. The zero-order chi connectivity index (χ0) is 9.56. The van der Waals surface area contributed by atoms with Crippen LogP contribution in [0.4, 0.5) is 0 Å². The van der Waals surface area contributed by atoms with Gasteiger partial charge >= 0.3 is 0 Å². The van der Waals surface area contributed by atoms with Crippen molar-refractivity contribution in [2.24, 2.45) is 0 Å². The van der Waals surface area contributed by atoms with Crippen molar-refractivity contribution in [3.05, 3.63) is 22.3 Å². The minimum Gasteiger partial charge on any atom is -0.392 e. The number of carbonyl (C=O) groups excluding carboxylic acids is 1. The van der Waals surface area contributed by atoms with Crippen molar-refractivity contribution in [1.82, 2.24) is 0 Å². The van der Waals surface area contributed by atoms with Crippen LogP contribution >= 0.6 is 22.6 Å². The molecule has 0 aromatic carbocycles. The zero-order valence-electron chi connectivity index (χ0n) is 7.09. The second kappa shape index (κ2) is 6.37. The smallest absolute Gasteiger partial charge is 0.157 e. The average Bonchev–Trinajstić information content (AvgIpc) is 2.03. The maximum atomic E-state index is 10.8. The molecule has 1 atom stereocenters. The number of allylic oxidation sites excluding steroid dienone is 1. The molecule has 1 N–H and O–H groups in total. The summed E-state index contributed by atoms with van der Waals surface area (Å²) in [4.78, 5) is 10.8. The lowest BCUT2D eigenvalue weighted by atomic mass is 10.1. The van der Waals surface area contributed by atoms with Crippen molar-refractivity contribution in [1.29, 1.82) is 0 Å². The number of hydrogen-bond donors (Lipinski definition) is 1. The molecule has 0 aromatic heterocycles. The summed E-state index contributed by atoms with van der Waals surface area (Å²) in [6, 6.07) is 0. The Morgan fingerprint density at radius 3 is 2.67 bits per heavy atom. The maximum absolute atomic E-state index is 10.8. The van der Waals surface area contributed by atoms with Crippen LogP contribution in [0, 0.1) is 0 Å². The van der Waals surface area contributed by atoms with Crippen LogP contribution in [0.3, 0.4) is 0 Å². The van der Waals surface area contributed by atoms with Crippen LogP contribution in [0.15, 0.2) is 22.3 Å². The fourth-order valence-electron chi connectivity index (χ4n) is 0.804. The van der Waals surface area contributed by atoms with Crippen molar-refractivity contribution >= 4 is 28.4 Å². The van der Waals surface area contributed by atoms with Crippen LogP contribution in [0.25, 0.3) is 0 Å². The Morgan fingerprint density at radius 1 is 1.67 bits per heavy atom. The number of ketones is 1. The fourth-order valence-corrected chi connectivity index (χ4v) is 1.06. The largest absolute Gasteiger partial charge is 0.392 e. The number of rotatable bonds is 5. The predicted octanol–water partition coefficient (Wildman–Crippen LogP) is 2.22. The van der Waals surface area contributed by atoms with Gasteiger partial charge in [0, 0.05) is 6.42 Å². The van der Waals surface area contributed by atoms with Crippen LogP contribution < -0.4 is 0 Å². The summed E-state index contributed by atoms with van der Waals surface area (Å²) in [5.41, 5.74) is 1.08. The lowest BCUT2D eigenvalue weighted by Crippen LogP contribution is -2.11. The van der Waals surface area contributed by atoms with E-state index >= 15 is 0 Å². The van der Waals surface area contributed by atoms with Crippen LogP contribution in [-0.4, -0.2) is 17.0 Å². The van der Waals surface area contributed by atoms with Crippen molar-refractivity contribution in [3.8, 4) is 0 Å². The number of aliphatic hydroxyl groups excluding tert-OH is 1. The minimum absolute atomic E-state index is 0.108. The normalized spacial score (nSPS) is 14.1. The number of hydrogen-bond acceptors (Lipinski definition) is 2. The summed E-state index contributed by atoms with van der Waals surface area (Å²) in [6.07, 6.45) is 1.40. The second-order valence-electron chi connectivity index (χ2n) is 2.69. The summed E-state index contributed by atoms with van der Waals surface area (Å²) in [6.45, 7) is 5.26. The van der Waals surface area contributed by atoms with Crippen molar-refractivity contribution < 1.29 is 9.90 Å². The van der Waals surface area contributed by atoms with Gasteiger partial charge in [0.25, 0.3) is 0 Å². The molecule has 0 aliphatic heterocycles. The molecule has 0 aliphatic rings. The Labute approximate surface area is 86.5 Å². The van der Waals surface area contributed by atoms with Gasteiger partial charge in [-0.1, -0.05) is 34.7 Å². The standard InChI is InChI=1S/C9H13IO2/c1-3-8(11)5-9(12)4-7(2)6-10/h3,6,9,12H,1,4-5H2,2H3/b7-6+/t9-/m0/s1. The molecule has 0 radical (unpaired) electrons. The summed E-state index contributed by atoms with van der Waals surface area (Å²) in [5, 5.41) is 9.34. The first-order valence-electron chi connectivity index (χ1n) is 3.69. The lowest BCUT2D eigenvalue weighted by molar-refractivity contribution is -0.116. The molecule has 0 aliphatic carbocycles. The third-order valence-corrected chi connectivity index (χ3v) is 2.47. The van der Waals surface area contributed by atoms with E-state index in [1.54, 1.807) is 0 Å². The Balaban J connectivity index is 3.81. The minimum atomic E-state index is -0.568. The first-order valence-corrected chi connectivity index (χ1v) is 4.94. The van der Waals surface area contributed by atoms with E-state index in [1.807, 2.05) is 11.0 Å². The molecule has 0 fully saturated rings. The molecular weight excluding hydrogens is 267 g/mol. The quantitative estimate of drug-likeness (QED) is 0.619. The Kier molecular flexibility index (Phi) is 6.28. The van der Waals surface area contributed by atoms with E-state index in [-0.39, 0.29) is 12.2 Å². The first-order chi connectivity index (χ1) is 5.60. The monoisotopic (exact) mass is 280 g/mol. The molecule has 0 amide bonds. The Hall–Kier alpha value is -0.160. The molecule has 3 heteroatoms. The second-order valence-corrected chi connectivity index (χ2v) is 3.31. The van der Waals surface area contributed by atoms with Gasteiger partial charge in [0.05, 0.1) is 6.10 Å².